The summed E-state index contributed by atoms with van der Waals surface area (Å²) in [4.78, 5) is 0. The van der Waals surface area contributed by atoms with Crippen LogP contribution in [0.2, 0.25) is 0 Å². The molecule has 100 valence electrons. The van der Waals surface area contributed by atoms with Crippen molar-refractivity contribution in [3.63, 3.8) is 0 Å². The molecule has 0 spiro atoms. The Morgan fingerprint density at radius 2 is 1.89 bits per heavy atom. The van der Waals surface area contributed by atoms with Gasteiger partial charge in [-0.2, -0.15) is 0 Å². The second kappa shape index (κ2) is 6.29. The zero-order valence-corrected chi connectivity index (χ0v) is 10.7. The van der Waals surface area contributed by atoms with E-state index in [1.807, 2.05) is 25.1 Å². The minimum absolute atomic E-state index is 0.0155. The second-order valence-corrected chi connectivity index (χ2v) is 4.99. The number of hydrogen-bond donors (Lipinski definition) is 4. The van der Waals surface area contributed by atoms with Crippen molar-refractivity contribution >= 4 is 0 Å². The maximum Gasteiger partial charge on any atom is 0.0967 e. The first-order chi connectivity index (χ1) is 8.68. The first kappa shape index (κ1) is 13.5. The van der Waals surface area contributed by atoms with Gasteiger partial charge in [0.1, 0.15) is 0 Å². The lowest BCUT2D eigenvalue weighted by Crippen LogP contribution is -2.35. The molecule has 0 radical (unpaired) electrons. The standard InChI is InChI=1S/C14H22N2O2/c1-10-13(17)14(18)12(16-10)7-8-15-9-11-5-3-2-4-6-11/h2-6,10,12-18H,7-9H2,1H3/t10-,12-,13+,14-/m0/s1. The van der Waals surface area contributed by atoms with Crippen LogP contribution >= 0.6 is 0 Å². The van der Waals surface area contributed by atoms with Crippen LogP contribution in [-0.4, -0.2) is 41.0 Å². The van der Waals surface area contributed by atoms with Gasteiger partial charge in [0.15, 0.2) is 0 Å². The number of aliphatic hydroxyl groups is 2. The van der Waals surface area contributed by atoms with Gasteiger partial charge in [-0.15, -0.1) is 0 Å². The van der Waals surface area contributed by atoms with Crippen molar-refractivity contribution in [3.05, 3.63) is 35.9 Å². The summed E-state index contributed by atoms with van der Waals surface area (Å²) in [6.07, 6.45) is -0.488. The van der Waals surface area contributed by atoms with Gasteiger partial charge in [-0.25, -0.2) is 0 Å². The molecule has 18 heavy (non-hydrogen) atoms. The number of aliphatic hydroxyl groups excluding tert-OH is 2. The van der Waals surface area contributed by atoms with Crippen LogP contribution in [0.25, 0.3) is 0 Å². The van der Waals surface area contributed by atoms with E-state index in [1.54, 1.807) is 0 Å². The van der Waals surface area contributed by atoms with Gasteiger partial charge in [-0.3, -0.25) is 0 Å². The Labute approximate surface area is 108 Å². The van der Waals surface area contributed by atoms with E-state index in [1.165, 1.54) is 5.56 Å². The molecule has 1 aromatic rings. The number of benzene rings is 1. The summed E-state index contributed by atoms with van der Waals surface area (Å²) in [5.74, 6) is 0. The molecule has 4 atom stereocenters. The van der Waals surface area contributed by atoms with Crippen LogP contribution in [-0.2, 0) is 6.54 Å². The highest BCUT2D eigenvalue weighted by Crippen LogP contribution is 2.16. The number of hydrogen-bond acceptors (Lipinski definition) is 4. The molecule has 1 saturated heterocycles. The second-order valence-electron chi connectivity index (χ2n) is 4.99. The minimum atomic E-state index is -0.654. The predicted octanol–water partition coefficient (Wildman–Crippen LogP) is 0.248. The summed E-state index contributed by atoms with van der Waals surface area (Å²) in [6.45, 7) is 3.55. The van der Waals surface area contributed by atoms with Crippen molar-refractivity contribution in [2.75, 3.05) is 6.54 Å². The average Bonchev–Trinajstić information content (AvgIpc) is 2.64. The lowest BCUT2D eigenvalue weighted by Gasteiger charge is -2.16. The molecule has 4 N–H and O–H groups in total. The molecule has 4 heteroatoms. The molecule has 1 heterocycles. The number of nitrogens with one attached hydrogen (secondary N) is 2. The molecule has 2 rings (SSSR count). The fraction of sp³-hybridized carbons (Fsp3) is 0.571. The SMILES string of the molecule is C[C@@H]1N[C@@H](CCNCc2ccccc2)[C@H](O)[C@@H]1O. The monoisotopic (exact) mass is 250 g/mol. The van der Waals surface area contributed by atoms with E-state index >= 15 is 0 Å². The Bertz CT molecular complexity index is 358. The molecule has 4 nitrogen and oxygen atoms in total. The van der Waals surface area contributed by atoms with E-state index in [-0.39, 0.29) is 12.1 Å². The molecule has 1 aliphatic heterocycles. The van der Waals surface area contributed by atoms with Crippen molar-refractivity contribution < 1.29 is 10.2 Å². The van der Waals surface area contributed by atoms with Crippen molar-refractivity contribution in [1.82, 2.24) is 10.6 Å². The summed E-state index contributed by atoms with van der Waals surface area (Å²) in [5, 5.41) is 26.0. The topological polar surface area (TPSA) is 64.5 Å². The zero-order valence-electron chi connectivity index (χ0n) is 10.7. The molecule has 1 aliphatic rings. The Morgan fingerprint density at radius 3 is 2.50 bits per heavy atom. The normalized spacial score (nSPS) is 31.7. The molecule has 1 aromatic carbocycles. The first-order valence-corrected chi connectivity index (χ1v) is 6.55. The van der Waals surface area contributed by atoms with Crippen LogP contribution < -0.4 is 10.6 Å². The molecular formula is C14H22N2O2. The highest BCUT2D eigenvalue weighted by Gasteiger charge is 2.37. The highest BCUT2D eigenvalue weighted by atomic mass is 16.3. The number of rotatable bonds is 5. The van der Waals surface area contributed by atoms with Crippen LogP contribution in [0.4, 0.5) is 0 Å². The van der Waals surface area contributed by atoms with Gasteiger partial charge in [0, 0.05) is 18.6 Å². The average molecular weight is 250 g/mol. The van der Waals surface area contributed by atoms with Crippen LogP contribution in [0.3, 0.4) is 0 Å². The largest absolute Gasteiger partial charge is 0.389 e. The summed E-state index contributed by atoms with van der Waals surface area (Å²) in [5.41, 5.74) is 1.26. The van der Waals surface area contributed by atoms with Crippen LogP contribution in [0.15, 0.2) is 30.3 Å². The molecular weight excluding hydrogens is 228 g/mol. The van der Waals surface area contributed by atoms with Crippen LogP contribution in [0.1, 0.15) is 18.9 Å². The van der Waals surface area contributed by atoms with E-state index in [2.05, 4.69) is 22.8 Å². The maximum atomic E-state index is 9.80. The van der Waals surface area contributed by atoms with Crippen molar-refractivity contribution in [3.8, 4) is 0 Å². The molecule has 0 aliphatic carbocycles. The van der Waals surface area contributed by atoms with Crippen molar-refractivity contribution in [2.45, 2.75) is 44.2 Å². The van der Waals surface area contributed by atoms with Gasteiger partial charge in [0.2, 0.25) is 0 Å². The summed E-state index contributed by atoms with van der Waals surface area (Å²) < 4.78 is 0. The first-order valence-electron chi connectivity index (χ1n) is 6.55. The maximum absolute atomic E-state index is 9.80. The lowest BCUT2D eigenvalue weighted by molar-refractivity contribution is 0.0293. The Hall–Kier alpha value is -0.940. The van der Waals surface area contributed by atoms with Gasteiger partial charge in [-0.1, -0.05) is 30.3 Å². The van der Waals surface area contributed by atoms with Crippen molar-refractivity contribution in [1.29, 1.82) is 0 Å². The fourth-order valence-corrected chi connectivity index (χ4v) is 2.41. The van der Waals surface area contributed by atoms with E-state index < -0.39 is 12.2 Å². The third-order valence-electron chi connectivity index (χ3n) is 3.56. The van der Waals surface area contributed by atoms with Crippen LogP contribution in [0, 0.1) is 0 Å². The van der Waals surface area contributed by atoms with Gasteiger partial charge < -0.3 is 20.8 Å². The Morgan fingerprint density at radius 1 is 1.17 bits per heavy atom. The molecule has 1 fully saturated rings. The summed E-state index contributed by atoms with van der Waals surface area (Å²) in [6, 6.07) is 10.2. The van der Waals surface area contributed by atoms with Crippen LogP contribution in [0.5, 0.6) is 0 Å². The molecule has 0 bridgehead atoms. The van der Waals surface area contributed by atoms with E-state index in [4.69, 9.17) is 0 Å². The third-order valence-corrected chi connectivity index (χ3v) is 3.56. The highest BCUT2D eigenvalue weighted by molar-refractivity contribution is 5.14. The molecule has 0 aromatic heterocycles. The van der Waals surface area contributed by atoms with Gasteiger partial charge in [0.05, 0.1) is 12.2 Å². The van der Waals surface area contributed by atoms with E-state index in [0.29, 0.717) is 0 Å². The lowest BCUT2D eigenvalue weighted by atomic mass is 10.1. The Balaban J connectivity index is 1.67. The van der Waals surface area contributed by atoms with Crippen molar-refractivity contribution in [2.24, 2.45) is 0 Å². The van der Waals surface area contributed by atoms with Gasteiger partial charge in [0.25, 0.3) is 0 Å². The fourth-order valence-electron chi connectivity index (χ4n) is 2.41. The smallest absolute Gasteiger partial charge is 0.0967 e. The predicted molar refractivity (Wildman–Crippen MR) is 71.2 cm³/mol. The summed E-state index contributed by atoms with van der Waals surface area (Å²) in [7, 11) is 0. The van der Waals surface area contributed by atoms with Gasteiger partial charge in [-0.05, 0) is 25.5 Å². The minimum Gasteiger partial charge on any atom is -0.389 e. The van der Waals surface area contributed by atoms with E-state index in [0.717, 1.165) is 19.5 Å². The van der Waals surface area contributed by atoms with E-state index in [9.17, 15) is 10.2 Å². The molecule has 0 saturated carbocycles. The van der Waals surface area contributed by atoms with Gasteiger partial charge >= 0.3 is 0 Å². The Kier molecular flexibility index (Phi) is 4.72. The zero-order chi connectivity index (χ0) is 13.0. The third kappa shape index (κ3) is 3.29. The molecule has 0 unspecified atom stereocenters. The molecule has 0 amide bonds. The quantitative estimate of drug-likeness (QED) is 0.566. The summed E-state index contributed by atoms with van der Waals surface area (Å²) >= 11 is 0.